The molecular weight excluding hydrogens is 306 g/mol. The molecule has 0 atom stereocenters. The number of thiazole rings is 1. The first-order valence-electron chi connectivity index (χ1n) is 6.23. The van der Waals surface area contributed by atoms with Gasteiger partial charge in [0.2, 0.25) is 0 Å². The van der Waals surface area contributed by atoms with E-state index in [0.29, 0.717) is 12.2 Å². The van der Waals surface area contributed by atoms with E-state index in [1.165, 1.54) is 11.8 Å². The second-order valence-corrected chi connectivity index (χ2v) is 6.49. The van der Waals surface area contributed by atoms with E-state index in [4.69, 9.17) is 0 Å². The summed E-state index contributed by atoms with van der Waals surface area (Å²) in [5.74, 6) is -0.420. The highest BCUT2D eigenvalue weighted by Gasteiger charge is 2.09. The molecule has 0 aliphatic heterocycles. The monoisotopic (exact) mass is 319 g/mol. The number of carbonyl (C=O) groups is 1. The second kappa shape index (κ2) is 5.87. The Bertz CT molecular complexity index is 794. The summed E-state index contributed by atoms with van der Waals surface area (Å²) in [6.45, 7) is 0.659. The van der Waals surface area contributed by atoms with Crippen LogP contribution in [0.2, 0.25) is 0 Å². The van der Waals surface area contributed by atoms with E-state index >= 15 is 0 Å². The summed E-state index contributed by atoms with van der Waals surface area (Å²) >= 11 is 3.34. The van der Waals surface area contributed by atoms with Crippen LogP contribution in [0.15, 0.2) is 35.1 Å². The first-order valence-corrected chi connectivity index (χ1v) is 8.27. The fraction of sp³-hybridized carbons (Fsp3) is 0.214. The fourth-order valence-corrected chi connectivity index (χ4v) is 3.55. The first kappa shape index (κ1) is 14.1. The first-order chi connectivity index (χ1) is 10.2. The van der Waals surface area contributed by atoms with Gasteiger partial charge in [-0.3, -0.25) is 0 Å². The molecule has 2 heterocycles. The van der Waals surface area contributed by atoms with Crippen LogP contribution in [0.5, 0.6) is 0 Å². The van der Waals surface area contributed by atoms with Gasteiger partial charge in [0, 0.05) is 12.7 Å². The summed E-state index contributed by atoms with van der Waals surface area (Å²) in [5.41, 5.74) is 2.49. The lowest BCUT2D eigenvalue weighted by Gasteiger charge is -2.02. The minimum absolute atomic E-state index is 0.320. The van der Waals surface area contributed by atoms with Crippen molar-refractivity contribution < 1.29 is 9.53 Å². The molecule has 0 saturated heterocycles. The maximum absolute atomic E-state index is 11.4. The molecule has 1 aromatic carbocycles. The number of hydrogen-bond acceptors (Lipinski definition) is 6. The van der Waals surface area contributed by atoms with Crippen LogP contribution in [-0.2, 0) is 11.3 Å². The van der Waals surface area contributed by atoms with Crippen molar-refractivity contribution in [1.29, 1.82) is 0 Å². The van der Waals surface area contributed by atoms with Crippen LogP contribution in [0.25, 0.3) is 10.2 Å². The lowest BCUT2D eigenvalue weighted by Crippen LogP contribution is -2.01. The van der Waals surface area contributed by atoms with Gasteiger partial charge in [-0.25, -0.2) is 14.8 Å². The molecule has 0 radical (unpaired) electrons. The summed E-state index contributed by atoms with van der Waals surface area (Å²) in [4.78, 5) is 19.9. The lowest BCUT2D eigenvalue weighted by molar-refractivity contribution is 0.0594. The van der Waals surface area contributed by atoms with Gasteiger partial charge in [-0.2, -0.15) is 0 Å². The van der Waals surface area contributed by atoms with Crippen LogP contribution in [-0.4, -0.2) is 33.9 Å². The van der Waals surface area contributed by atoms with Gasteiger partial charge in [-0.15, -0.1) is 11.3 Å². The molecular formula is C14H13N3O2S2. The summed E-state index contributed by atoms with van der Waals surface area (Å²) in [6, 6.07) is 6.20. The predicted molar refractivity (Wildman–Crippen MR) is 84.1 cm³/mol. The van der Waals surface area contributed by atoms with E-state index in [2.05, 4.69) is 20.8 Å². The maximum atomic E-state index is 11.4. The molecule has 7 heteroatoms. The van der Waals surface area contributed by atoms with E-state index in [9.17, 15) is 4.79 Å². The molecule has 108 valence electrons. The van der Waals surface area contributed by atoms with Gasteiger partial charge in [0.15, 0.2) is 10.0 Å². The lowest BCUT2D eigenvalue weighted by atomic mass is 10.2. The van der Waals surface area contributed by atoms with Gasteiger partial charge in [-0.05, 0) is 24.0 Å². The van der Waals surface area contributed by atoms with Crippen molar-refractivity contribution in [2.45, 2.75) is 10.9 Å². The highest BCUT2D eigenvalue weighted by molar-refractivity contribution is 8.00. The van der Waals surface area contributed by atoms with Crippen molar-refractivity contribution in [1.82, 2.24) is 14.5 Å². The molecule has 3 rings (SSSR count). The Morgan fingerprint density at radius 3 is 3.10 bits per heavy atom. The van der Waals surface area contributed by atoms with Crippen LogP contribution in [0.3, 0.4) is 0 Å². The Balaban J connectivity index is 1.84. The second-order valence-electron chi connectivity index (χ2n) is 4.41. The van der Waals surface area contributed by atoms with Crippen molar-refractivity contribution in [3.63, 3.8) is 0 Å². The van der Waals surface area contributed by atoms with Gasteiger partial charge < -0.3 is 9.30 Å². The number of thioether (sulfide) groups is 1. The zero-order valence-electron chi connectivity index (χ0n) is 11.6. The number of rotatable bonds is 4. The highest BCUT2D eigenvalue weighted by atomic mass is 32.2. The van der Waals surface area contributed by atoms with Gasteiger partial charge in [0.05, 0.1) is 23.7 Å². The Kier molecular flexibility index (Phi) is 3.94. The number of imidazole rings is 1. The van der Waals surface area contributed by atoms with Gasteiger partial charge in [0.1, 0.15) is 0 Å². The molecule has 2 aromatic heterocycles. The quantitative estimate of drug-likeness (QED) is 0.546. The van der Waals surface area contributed by atoms with Gasteiger partial charge in [0.25, 0.3) is 0 Å². The Labute approximate surface area is 130 Å². The molecule has 21 heavy (non-hydrogen) atoms. The van der Waals surface area contributed by atoms with Crippen molar-refractivity contribution in [2.24, 2.45) is 0 Å². The maximum Gasteiger partial charge on any atom is 0.358 e. The number of carbonyl (C=O) groups excluding carboxylic acids is 1. The van der Waals surface area contributed by atoms with E-state index in [-0.39, 0.29) is 0 Å². The molecule has 0 bridgehead atoms. The molecule has 0 aliphatic carbocycles. The molecule has 0 aliphatic rings. The third-order valence-corrected chi connectivity index (χ3v) is 5.00. The Morgan fingerprint density at radius 2 is 2.33 bits per heavy atom. The average molecular weight is 319 g/mol. The van der Waals surface area contributed by atoms with Crippen LogP contribution >= 0.6 is 23.1 Å². The largest absolute Gasteiger partial charge is 0.464 e. The Hall–Kier alpha value is -1.86. The predicted octanol–water partition coefficient (Wildman–Crippen LogP) is 3.05. The van der Waals surface area contributed by atoms with Crippen molar-refractivity contribution in [3.05, 3.63) is 42.0 Å². The van der Waals surface area contributed by atoms with Crippen molar-refractivity contribution >= 4 is 39.3 Å². The van der Waals surface area contributed by atoms with Crippen LogP contribution in [0.1, 0.15) is 16.1 Å². The number of benzene rings is 1. The standard InChI is InChI=1S/C14H13N3O2S2/c1-19-13(18)11-7-17(8-15-11)6-9-3-4-10-12(5-9)21-14(16-10)20-2/h3-5,7-8H,6H2,1-2H3. The highest BCUT2D eigenvalue weighted by Crippen LogP contribution is 2.28. The molecule has 0 unspecified atom stereocenters. The molecule has 0 spiro atoms. The van der Waals surface area contributed by atoms with E-state index in [0.717, 1.165) is 15.4 Å². The average Bonchev–Trinajstić information content (AvgIpc) is 3.12. The minimum atomic E-state index is -0.420. The number of ether oxygens (including phenoxy) is 1. The number of methoxy groups -OCH3 is 1. The topological polar surface area (TPSA) is 57.0 Å². The van der Waals surface area contributed by atoms with Crippen molar-refractivity contribution in [3.8, 4) is 0 Å². The number of esters is 1. The third kappa shape index (κ3) is 2.93. The summed E-state index contributed by atoms with van der Waals surface area (Å²) in [6.07, 6.45) is 5.35. The molecule has 0 saturated carbocycles. The number of fused-ring (bicyclic) bond motifs is 1. The van der Waals surface area contributed by atoms with Gasteiger partial charge >= 0.3 is 5.97 Å². The number of aromatic nitrogens is 3. The normalized spacial score (nSPS) is 11.0. The molecule has 0 N–H and O–H groups in total. The van der Waals surface area contributed by atoms with Crippen LogP contribution < -0.4 is 0 Å². The zero-order chi connectivity index (χ0) is 14.8. The number of hydrogen-bond donors (Lipinski definition) is 0. The SMILES string of the molecule is COC(=O)c1cn(Cc2ccc3nc(SC)sc3c2)cn1. The van der Waals surface area contributed by atoms with Gasteiger partial charge in [-0.1, -0.05) is 17.8 Å². The fourth-order valence-electron chi connectivity index (χ4n) is 2.00. The third-order valence-electron chi connectivity index (χ3n) is 3.00. The van der Waals surface area contributed by atoms with E-state index in [1.807, 2.05) is 23.0 Å². The summed E-state index contributed by atoms with van der Waals surface area (Å²) < 4.78 is 8.75. The van der Waals surface area contributed by atoms with Crippen LogP contribution in [0.4, 0.5) is 0 Å². The molecule has 0 fully saturated rings. The Morgan fingerprint density at radius 1 is 1.48 bits per heavy atom. The van der Waals surface area contributed by atoms with Crippen molar-refractivity contribution in [2.75, 3.05) is 13.4 Å². The van der Waals surface area contributed by atoms with Crippen LogP contribution in [0, 0.1) is 0 Å². The summed E-state index contributed by atoms with van der Waals surface area (Å²) in [5, 5.41) is 0. The zero-order valence-corrected chi connectivity index (χ0v) is 13.2. The minimum Gasteiger partial charge on any atom is -0.464 e. The molecule has 0 amide bonds. The number of nitrogens with zero attached hydrogens (tertiary/aromatic N) is 3. The molecule has 5 nitrogen and oxygen atoms in total. The molecule has 3 aromatic rings. The smallest absolute Gasteiger partial charge is 0.358 e. The van der Waals surface area contributed by atoms with E-state index < -0.39 is 5.97 Å². The van der Waals surface area contributed by atoms with E-state index in [1.54, 1.807) is 35.6 Å². The summed E-state index contributed by atoms with van der Waals surface area (Å²) in [7, 11) is 1.35.